The number of nitrogens with one attached hydrogen (secondary N) is 1. The summed E-state index contributed by atoms with van der Waals surface area (Å²) in [5.41, 5.74) is -0.864. The molecule has 8 heteroatoms. The fourth-order valence-electron chi connectivity index (χ4n) is 1.46. The van der Waals surface area contributed by atoms with E-state index in [1.165, 1.54) is 18.3 Å². The second kappa shape index (κ2) is 5.62. The monoisotopic (exact) mass is 295 g/mol. The Morgan fingerprint density at radius 2 is 2.00 bits per heavy atom. The number of halogens is 2. The number of hydrogen-bond donors (Lipinski definition) is 2. The molecule has 0 saturated heterocycles. The lowest BCUT2D eigenvalue weighted by molar-refractivity contribution is 0.0693. The van der Waals surface area contributed by atoms with Gasteiger partial charge in [0.2, 0.25) is 0 Å². The normalized spacial score (nSPS) is 10.1. The number of benzene rings is 1. The summed E-state index contributed by atoms with van der Waals surface area (Å²) in [7, 11) is 0. The number of nitrogens with zero attached hydrogens (tertiary/aromatic N) is 2. The van der Waals surface area contributed by atoms with Crippen molar-refractivity contribution >= 4 is 29.2 Å². The van der Waals surface area contributed by atoms with Crippen LogP contribution in [0.1, 0.15) is 20.8 Å². The van der Waals surface area contributed by atoms with Crippen molar-refractivity contribution in [2.24, 2.45) is 0 Å². The van der Waals surface area contributed by atoms with Crippen molar-refractivity contribution in [3.63, 3.8) is 0 Å². The van der Waals surface area contributed by atoms with Gasteiger partial charge in [-0.15, -0.1) is 0 Å². The molecule has 2 aromatic rings. The van der Waals surface area contributed by atoms with Gasteiger partial charge in [0, 0.05) is 0 Å². The molecule has 102 valence electrons. The fraction of sp³-hybridized carbons (Fsp3) is 0. The van der Waals surface area contributed by atoms with Crippen molar-refractivity contribution in [1.29, 1.82) is 0 Å². The predicted molar refractivity (Wildman–Crippen MR) is 68.4 cm³/mol. The number of aromatic nitrogens is 2. The molecule has 1 heterocycles. The zero-order valence-electron chi connectivity index (χ0n) is 9.80. The van der Waals surface area contributed by atoms with Gasteiger partial charge in [-0.25, -0.2) is 19.2 Å². The Bertz CT molecular complexity index is 676. The first-order valence-corrected chi connectivity index (χ1v) is 5.67. The van der Waals surface area contributed by atoms with Crippen molar-refractivity contribution < 1.29 is 19.1 Å². The lowest BCUT2D eigenvalue weighted by atomic mass is 10.1. The largest absolute Gasteiger partial charge is 0.478 e. The molecule has 0 aliphatic heterocycles. The minimum absolute atomic E-state index is 0.0741. The number of anilines is 1. The Morgan fingerprint density at radius 3 is 2.60 bits per heavy atom. The molecule has 0 spiro atoms. The maximum Gasteiger partial charge on any atom is 0.340 e. The van der Waals surface area contributed by atoms with Gasteiger partial charge in [-0.3, -0.25) is 4.79 Å². The Balaban J connectivity index is 2.30. The number of carboxylic acids is 1. The van der Waals surface area contributed by atoms with Crippen LogP contribution in [-0.2, 0) is 0 Å². The van der Waals surface area contributed by atoms with Crippen LogP contribution in [0.5, 0.6) is 0 Å². The number of carbonyl (C=O) groups excluding carboxylic acids is 1. The number of rotatable bonds is 3. The van der Waals surface area contributed by atoms with Gasteiger partial charge in [0.1, 0.15) is 22.2 Å². The molecular formula is C12H7ClFN3O3. The number of aromatic carboxylic acids is 1. The summed E-state index contributed by atoms with van der Waals surface area (Å²) in [6.07, 6.45) is 2.29. The molecule has 0 aliphatic rings. The van der Waals surface area contributed by atoms with Crippen molar-refractivity contribution in [1.82, 2.24) is 9.97 Å². The minimum atomic E-state index is -1.49. The molecule has 0 bridgehead atoms. The van der Waals surface area contributed by atoms with Crippen LogP contribution in [-0.4, -0.2) is 27.0 Å². The first-order chi connectivity index (χ1) is 9.49. The number of hydrogen-bond acceptors (Lipinski definition) is 4. The van der Waals surface area contributed by atoms with Crippen LogP contribution in [0.25, 0.3) is 0 Å². The van der Waals surface area contributed by atoms with Crippen LogP contribution in [0.4, 0.5) is 10.1 Å². The van der Waals surface area contributed by atoms with E-state index >= 15 is 0 Å². The Hall–Kier alpha value is -2.54. The second-order valence-corrected chi connectivity index (χ2v) is 4.03. The average molecular weight is 296 g/mol. The average Bonchev–Trinajstić information content (AvgIpc) is 2.39. The highest BCUT2D eigenvalue weighted by atomic mass is 35.5. The van der Waals surface area contributed by atoms with E-state index in [1.807, 2.05) is 0 Å². The third kappa shape index (κ3) is 2.89. The molecular weight excluding hydrogens is 289 g/mol. The molecule has 0 atom stereocenters. The van der Waals surface area contributed by atoms with Crippen molar-refractivity contribution in [2.45, 2.75) is 0 Å². The van der Waals surface area contributed by atoms with E-state index in [0.29, 0.717) is 0 Å². The molecule has 2 N–H and O–H groups in total. The third-order valence-electron chi connectivity index (χ3n) is 2.33. The number of amides is 1. The van der Waals surface area contributed by atoms with Gasteiger partial charge in [-0.1, -0.05) is 17.7 Å². The molecule has 0 saturated carbocycles. The van der Waals surface area contributed by atoms with Crippen LogP contribution in [0.15, 0.2) is 30.6 Å². The maximum atomic E-state index is 13.4. The van der Waals surface area contributed by atoms with Gasteiger partial charge in [0.25, 0.3) is 5.91 Å². The van der Waals surface area contributed by atoms with Crippen molar-refractivity contribution in [3.8, 4) is 0 Å². The van der Waals surface area contributed by atoms with Crippen molar-refractivity contribution in [3.05, 3.63) is 52.8 Å². The quantitative estimate of drug-likeness (QED) is 0.906. The molecule has 0 aliphatic carbocycles. The maximum absolute atomic E-state index is 13.4. The number of carboxylic acid groups (broad SMARTS) is 1. The summed E-state index contributed by atoms with van der Waals surface area (Å²) < 4.78 is 13.4. The summed E-state index contributed by atoms with van der Waals surface area (Å²) in [5.74, 6) is -3.15. The van der Waals surface area contributed by atoms with Gasteiger partial charge in [-0.2, -0.15) is 0 Å². The van der Waals surface area contributed by atoms with Gasteiger partial charge in [0.15, 0.2) is 0 Å². The molecule has 0 fully saturated rings. The summed E-state index contributed by atoms with van der Waals surface area (Å²) in [4.78, 5) is 30.2. The molecule has 2 rings (SSSR count). The zero-order chi connectivity index (χ0) is 14.7. The van der Waals surface area contributed by atoms with E-state index in [4.69, 9.17) is 16.7 Å². The SMILES string of the molecule is O=C(Nc1cccc(F)c1C(=O)O)c1cnc(Cl)cn1. The topological polar surface area (TPSA) is 92.2 Å². The highest BCUT2D eigenvalue weighted by molar-refractivity contribution is 6.29. The van der Waals surface area contributed by atoms with E-state index in [2.05, 4.69) is 15.3 Å². The van der Waals surface area contributed by atoms with Gasteiger partial charge < -0.3 is 10.4 Å². The Kier molecular flexibility index (Phi) is 3.90. The highest BCUT2D eigenvalue weighted by Gasteiger charge is 2.18. The van der Waals surface area contributed by atoms with E-state index in [0.717, 1.165) is 12.3 Å². The smallest absolute Gasteiger partial charge is 0.340 e. The zero-order valence-corrected chi connectivity index (χ0v) is 10.6. The second-order valence-electron chi connectivity index (χ2n) is 3.65. The summed E-state index contributed by atoms with van der Waals surface area (Å²) in [5, 5.41) is 11.3. The predicted octanol–water partition coefficient (Wildman–Crippen LogP) is 2.22. The van der Waals surface area contributed by atoms with Gasteiger partial charge in [0.05, 0.1) is 18.1 Å². The first kappa shape index (κ1) is 13.9. The fourth-order valence-corrected chi connectivity index (χ4v) is 1.56. The van der Waals surface area contributed by atoms with Crippen LogP contribution in [0.2, 0.25) is 5.15 Å². The summed E-state index contributed by atoms with van der Waals surface area (Å²) >= 11 is 5.53. The number of carbonyl (C=O) groups is 2. The third-order valence-corrected chi connectivity index (χ3v) is 2.52. The summed E-state index contributed by atoms with van der Waals surface area (Å²) in [6.45, 7) is 0. The van der Waals surface area contributed by atoms with Crippen LogP contribution >= 0.6 is 11.6 Å². The van der Waals surface area contributed by atoms with E-state index in [1.54, 1.807) is 0 Å². The van der Waals surface area contributed by atoms with Crippen LogP contribution in [0.3, 0.4) is 0 Å². The molecule has 0 unspecified atom stereocenters. The van der Waals surface area contributed by atoms with E-state index in [9.17, 15) is 14.0 Å². The van der Waals surface area contributed by atoms with E-state index < -0.39 is 23.3 Å². The molecule has 20 heavy (non-hydrogen) atoms. The standard InChI is InChI=1S/C12H7ClFN3O3/c13-9-5-15-8(4-16-9)11(18)17-7-3-1-2-6(14)10(7)12(19)20/h1-5H,(H,17,18)(H,19,20). The highest BCUT2D eigenvalue weighted by Crippen LogP contribution is 2.19. The Labute approximate surface area is 117 Å². The van der Waals surface area contributed by atoms with Crippen LogP contribution in [0, 0.1) is 5.82 Å². The van der Waals surface area contributed by atoms with Gasteiger partial charge >= 0.3 is 5.97 Å². The Morgan fingerprint density at radius 1 is 1.25 bits per heavy atom. The van der Waals surface area contributed by atoms with Gasteiger partial charge in [-0.05, 0) is 12.1 Å². The van der Waals surface area contributed by atoms with Crippen LogP contribution < -0.4 is 5.32 Å². The van der Waals surface area contributed by atoms with Crippen molar-refractivity contribution in [2.75, 3.05) is 5.32 Å². The molecule has 1 aromatic heterocycles. The minimum Gasteiger partial charge on any atom is -0.478 e. The summed E-state index contributed by atoms with van der Waals surface area (Å²) in [6, 6.07) is 3.54. The lowest BCUT2D eigenvalue weighted by Crippen LogP contribution is -2.17. The molecule has 1 aromatic carbocycles. The first-order valence-electron chi connectivity index (χ1n) is 5.29. The van der Waals surface area contributed by atoms with E-state index in [-0.39, 0.29) is 16.5 Å². The molecule has 1 amide bonds. The molecule has 6 nitrogen and oxygen atoms in total. The molecule has 0 radical (unpaired) electrons. The lowest BCUT2D eigenvalue weighted by Gasteiger charge is -2.08.